The summed E-state index contributed by atoms with van der Waals surface area (Å²) >= 11 is 0. The average Bonchev–Trinajstić information content (AvgIpc) is 3.07. The second kappa shape index (κ2) is 6.89. The molecule has 0 N–H and O–H groups in total. The van der Waals surface area contributed by atoms with Crippen molar-refractivity contribution in [1.29, 1.82) is 0 Å². The van der Waals surface area contributed by atoms with Crippen molar-refractivity contribution < 1.29 is 13.5 Å². The Labute approximate surface area is 146 Å². The molecule has 3 heterocycles. The SMILES string of the molecule is O=c1c2nnn(-c3ccc(F)cc3F)c2ncn1CCN1CCOCC1. The summed E-state index contributed by atoms with van der Waals surface area (Å²) in [5.74, 6) is -1.51. The molecule has 8 nitrogen and oxygen atoms in total. The van der Waals surface area contributed by atoms with E-state index in [9.17, 15) is 13.6 Å². The van der Waals surface area contributed by atoms with Crippen molar-refractivity contribution in [2.75, 3.05) is 32.8 Å². The number of aromatic nitrogens is 5. The Morgan fingerprint density at radius 3 is 2.73 bits per heavy atom. The third kappa shape index (κ3) is 3.08. The number of rotatable bonds is 4. The fourth-order valence-corrected chi connectivity index (χ4v) is 2.89. The zero-order valence-electron chi connectivity index (χ0n) is 13.8. The lowest BCUT2D eigenvalue weighted by atomic mass is 10.3. The van der Waals surface area contributed by atoms with E-state index in [0.717, 1.165) is 29.9 Å². The summed E-state index contributed by atoms with van der Waals surface area (Å²) in [6, 6.07) is 3.08. The summed E-state index contributed by atoms with van der Waals surface area (Å²) in [4.78, 5) is 19.0. The van der Waals surface area contributed by atoms with Crippen molar-refractivity contribution in [2.45, 2.75) is 6.54 Å². The zero-order valence-corrected chi connectivity index (χ0v) is 13.8. The van der Waals surface area contributed by atoms with E-state index in [-0.39, 0.29) is 22.4 Å². The van der Waals surface area contributed by atoms with E-state index >= 15 is 0 Å². The maximum absolute atomic E-state index is 14.0. The molecule has 0 spiro atoms. The van der Waals surface area contributed by atoms with Crippen molar-refractivity contribution >= 4 is 11.2 Å². The minimum Gasteiger partial charge on any atom is -0.379 e. The molecule has 1 fully saturated rings. The van der Waals surface area contributed by atoms with Crippen LogP contribution in [0.15, 0.2) is 29.3 Å². The minimum absolute atomic E-state index is 0.0214. The van der Waals surface area contributed by atoms with Gasteiger partial charge in [0.2, 0.25) is 0 Å². The van der Waals surface area contributed by atoms with Crippen molar-refractivity contribution in [3.05, 3.63) is 46.5 Å². The molecule has 1 aromatic carbocycles. The number of ether oxygens (including phenoxy) is 1. The second-order valence-corrected chi connectivity index (χ2v) is 5.97. The number of halogens is 2. The highest BCUT2D eigenvalue weighted by Gasteiger charge is 2.17. The van der Waals surface area contributed by atoms with Crippen LogP contribution < -0.4 is 5.56 Å². The molecule has 1 saturated heterocycles. The van der Waals surface area contributed by atoms with Crippen LogP contribution in [-0.2, 0) is 11.3 Å². The lowest BCUT2D eigenvalue weighted by molar-refractivity contribution is 0.0362. The Hall–Kier alpha value is -2.72. The normalized spacial score (nSPS) is 15.6. The van der Waals surface area contributed by atoms with Crippen LogP contribution in [0.3, 0.4) is 0 Å². The molecule has 136 valence electrons. The van der Waals surface area contributed by atoms with Gasteiger partial charge in [-0.3, -0.25) is 14.3 Å². The third-order valence-corrected chi connectivity index (χ3v) is 4.33. The number of benzene rings is 1. The maximum atomic E-state index is 14.0. The molecule has 0 amide bonds. The fourth-order valence-electron chi connectivity index (χ4n) is 2.89. The topological polar surface area (TPSA) is 78.1 Å². The number of hydrogen-bond acceptors (Lipinski definition) is 6. The van der Waals surface area contributed by atoms with Crippen LogP contribution in [0.1, 0.15) is 0 Å². The molecular formula is C16H16F2N6O2. The van der Waals surface area contributed by atoms with Crippen molar-refractivity contribution in [2.24, 2.45) is 0 Å². The maximum Gasteiger partial charge on any atom is 0.283 e. The lowest BCUT2D eigenvalue weighted by Crippen LogP contribution is -2.39. The predicted octanol–water partition coefficient (Wildman–Crippen LogP) is 0.588. The molecule has 2 aromatic heterocycles. The minimum atomic E-state index is -0.810. The smallest absolute Gasteiger partial charge is 0.283 e. The molecule has 10 heteroatoms. The highest BCUT2D eigenvalue weighted by atomic mass is 19.1. The summed E-state index contributed by atoms with van der Waals surface area (Å²) in [7, 11) is 0. The van der Waals surface area contributed by atoms with Gasteiger partial charge < -0.3 is 4.74 Å². The van der Waals surface area contributed by atoms with Crippen LogP contribution in [0.2, 0.25) is 0 Å². The molecule has 0 aliphatic carbocycles. The van der Waals surface area contributed by atoms with Crippen LogP contribution in [0, 0.1) is 11.6 Å². The van der Waals surface area contributed by atoms with Gasteiger partial charge >= 0.3 is 0 Å². The number of hydrogen-bond donors (Lipinski definition) is 0. The molecule has 1 aliphatic heterocycles. The highest BCUT2D eigenvalue weighted by Crippen LogP contribution is 2.16. The van der Waals surface area contributed by atoms with Crippen molar-refractivity contribution in [1.82, 2.24) is 29.4 Å². The zero-order chi connectivity index (χ0) is 18.1. The summed E-state index contributed by atoms with van der Waals surface area (Å²) in [6.45, 7) is 4.17. The van der Waals surface area contributed by atoms with Gasteiger partial charge in [0.15, 0.2) is 17.0 Å². The first kappa shape index (κ1) is 16.7. The van der Waals surface area contributed by atoms with E-state index in [1.54, 1.807) is 0 Å². The summed E-state index contributed by atoms with van der Waals surface area (Å²) < 4.78 is 34.9. The standard InChI is InChI=1S/C16H16F2N6O2/c17-11-1-2-13(12(18)9-11)24-15-14(20-21-24)16(25)23(10-19-15)4-3-22-5-7-26-8-6-22/h1-2,9-10H,3-8H2. The van der Waals surface area contributed by atoms with Crippen LogP contribution in [-0.4, -0.2) is 62.3 Å². The Morgan fingerprint density at radius 2 is 1.96 bits per heavy atom. The van der Waals surface area contributed by atoms with Gasteiger partial charge in [0.05, 0.1) is 13.2 Å². The molecule has 0 radical (unpaired) electrons. The molecule has 3 aromatic rings. The molecule has 0 atom stereocenters. The summed E-state index contributed by atoms with van der Waals surface area (Å²) in [6.07, 6.45) is 1.40. The van der Waals surface area contributed by atoms with Gasteiger partial charge in [-0.2, -0.15) is 4.68 Å². The molecule has 0 saturated carbocycles. The summed E-state index contributed by atoms with van der Waals surface area (Å²) in [5, 5.41) is 7.65. The van der Waals surface area contributed by atoms with Gasteiger partial charge in [-0.05, 0) is 12.1 Å². The predicted molar refractivity (Wildman–Crippen MR) is 88.1 cm³/mol. The molecule has 0 unspecified atom stereocenters. The molecule has 26 heavy (non-hydrogen) atoms. The lowest BCUT2D eigenvalue weighted by Gasteiger charge is -2.26. The van der Waals surface area contributed by atoms with Crippen LogP contribution >= 0.6 is 0 Å². The van der Waals surface area contributed by atoms with E-state index in [1.165, 1.54) is 17.0 Å². The van der Waals surface area contributed by atoms with Crippen LogP contribution in [0.25, 0.3) is 16.9 Å². The number of morpholine rings is 1. The molecule has 1 aliphatic rings. The number of fused-ring (bicyclic) bond motifs is 1. The Balaban J connectivity index is 1.63. The van der Waals surface area contributed by atoms with Gasteiger partial charge in [0.1, 0.15) is 17.8 Å². The van der Waals surface area contributed by atoms with E-state index in [2.05, 4.69) is 20.2 Å². The van der Waals surface area contributed by atoms with Gasteiger partial charge in [0.25, 0.3) is 5.56 Å². The summed E-state index contributed by atoms with van der Waals surface area (Å²) in [5.41, 5.74) is -0.203. The van der Waals surface area contributed by atoms with Gasteiger partial charge in [-0.25, -0.2) is 13.8 Å². The quantitative estimate of drug-likeness (QED) is 0.676. The first-order chi connectivity index (χ1) is 12.6. The third-order valence-electron chi connectivity index (χ3n) is 4.33. The Morgan fingerprint density at radius 1 is 1.15 bits per heavy atom. The molecule has 0 bridgehead atoms. The van der Waals surface area contributed by atoms with E-state index < -0.39 is 11.6 Å². The fraction of sp³-hybridized carbons (Fsp3) is 0.375. The van der Waals surface area contributed by atoms with Gasteiger partial charge in [-0.15, -0.1) is 5.10 Å². The highest BCUT2D eigenvalue weighted by molar-refractivity contribution is 5.70. The van der Waals surface area contributed by atoms with Crippen molar-refractivity contribution in [3.8, 4) is 5.69 Å². The van der Waals surface area contributed by atoms with Gasteiger partial charge in [0, 0.05) is 32.2 Å². The first-order valence-electron chi connectivity index (χ1n) is 8.20. The van der Waals surface area contributed by atoms with E-state index in [4.69, 9.17) is 4.74 Å². The van der Waals surface area contributed by atoms with E-state index in [0.29, 0.717) is 26.3 Å². The van der Waals surface area contributed by atoms with Crippen molar-refractivity contribution in [3.63, 3.8) is 0 Å². The average molecular weight is 362 g/mol. The van der Waals surface area contributed by atoms with Crippen LogP contribution in [0.4, 0.5) is 8.78 Å². The van der Waals surface area contributed by atoms with Crippen LogP contribution in [0.5, 0.6) is 0 Å². The molecule has 4 rings (SSSR count). The monoisotopic (exact) mass is 362 g/mol. The first-order valence-corrected chi connectivity index (χ1v) is 8.20. The Kier molecular flexibility index (Phi) is 4.43. The largest absolute Gasteiger partial charge is 0.379 e. The van der Waals surface area contributed by atoms with Gasteiger partial charge in [-0.1, -0.05) is 5.21 Å². The molecular weight excluding hydrogens is 346 g/mol. The van der Waals surface area contributed by atoms with E-state index in [1.807, 2.05) is 0 Å². The second-order valence-electron chi connectivity index (χ2n) is 5.97. The number of nitrogens with zero attached hydrogens (tertiary/aromatic N) is 6. The Bertz CT molecular complexity index is 996.